The van der Waals surface area contributed by atoms with Crippen LogP contribution in [0.4, 0.5) is 11.4 Å². The summed E-state index contributed by atoms with van der Waals surface area (Å²) >= 11 is 5.72. The Morgan fingerprint density at radius 3 is 2.29 bits per heavy atom. The molecule has 0 radical (unpaired) electrons. The molecule has 0 atom stereocenters. The third kappa shape index (κ3) is 6.61. The lowest BCUT2D eigenvalue weighted by molar-refractivity contribution is -0.384. The zero-order chi connectivity index (χ0) is 24.9. The molecular weight excluding hydrogens is 692 g/mol. The number of non-ortho nitro benzene ring substituents is 1. The Labute approximate surface area is 233 Å². The van der Waals surface area contributed by atoms with E-state index in [1.54, 1.807) is 12.1 Å². The molecule has 0 aliphatic carbocycles. The van der Waals surface area contributed by atoms with Crippen LogP contribution in [-0.2, 0) is 17.8 Å². The first-order valence-corrected chi connectivity index (χ1v) is 13.5. The van der Waals surface area contributed by atoms with Crippen LogP contribution in [0.3, 0.4) is 0 Å². The number of nitro benzene ring substituents is 1. The Bertz CT molecular complexity index is 1320. The molecule has 3 aromatic carbocycles. The van der Waals surface area contributed by atoms with Crippen molar-refractivity contribution in [2.24, 2.45) is 4.99 Å². The highest BCUT2D eigenvalue weighted by Gasteiger charge is 2.24. The van der Waals surface area contributed by atoms with Crippen LogP contribution in [-0.4, -0.2) is 16.0 Å². The van der Waals surface area contributed by atoms with Crippen LogP contribution in [0.25, 0.3) is 6.08 Å². The molecule has 3 aromatic rings. The van der Waals surface area contributed by atoms with Crippen molar-refractivity contribution in [1.82, 2.24) is 5.32 Å². The maximum Gasteiger partial charge on any atom is 0.269 e. The number of nitrogens with zero attached hydrogens (tertiary/aromatic N) is 2. The fourth-order valence-electron chi connectivity index (χ4n) is 3.23. The number of aryl methyl sites for hydroxylation is 1. The summed E-state index contributed by atoms with van der Waals surface area (Å²) in [5.41, 5.74) is 3.80. The lowest BCUT2D eigenvalue weighted by atomic mass is 10.2. The Morgan fingerprint density at radius 2 is 1.69 bits per heavy atom. The molecule has 1 N–H and O–H groups in total. The molecule has 1 heterocycles. The van der Waals surface area contributed by atoms with Gasteiger partial charge in [-0.25, -0.2) is 4.99 Å². The summed E-state index contributed by atoms with van der Waals surface area (Å²) in [7, 11) is 0. The number of carbonyl (C=O) groups is 1. The standard InChI is InChI=1S/C25H19I2N3O4S/c1-2-15-3-7-18(8-4-15)28-25-29-24(31)22(35-25)13-17-11-20(26)23(21(27)12-17)34-14-16-5-9-19(10-6-16)30(32)33/h3-13H,2,14H2,1H3,(H,28,29,31)/b22-13-. The van der Waals surface area contributed by atoms with Gasteiger partial charge in [-0.3, -0.25) is 14.9 Å². The smallest absolute Gasteiger partial charge is 0.269 e. The zero-order valence-electron chi connectivity index (χ0n) is 18.5. The van der Waals surface area contributed by atoms with Gasteiger partial charge >= 0.3 is 0 Å². The van der Waals surface area contributed by atoms with E-state index in [0.717, 1.165) is 36.1 Å². The van der Waals surface area contributed by atoms with Gasteiger partial charge in [0.15, 0.2) is 5.17 Å². The fourth-order valence-corrected chi connectivity index (χ4v) is 6.19. The first-order valence-electron chi connectivity index (χ1n) is 10.6. The number of amidine groups is 1. The largest absolute Gasteiger partial charge is 0.487 e. The molecule has 0 saturated carbocycles. The molecule has 178 valence electrons. The Balaban J connectivity index is 1.46. The normalized spacial score (nSPS) is 15.5. The third-order valence-electron chi connectivity index (χ3n) is 5.07. The highest BCUT2D eigenvalue weighted by molar-refractivity contribution is 14.1. The number of rotatable bonds is 7. The summed E-state index contributed by atoms with van der Waals surface area (Å²) in [5.74, 6) is 0.551. The third-order valence-corrected chi connectivity index (χ3v) is 7.59. The van der Waals surface area contributed by atoms with Crippen LogP contribution >= 0.6 is 56.9 Å². The molecule has 1 fully saturated rings. The molecule has 0 spiro atoms. The second kappa shape index (κ2) is 11.5. The number of aliphatic imine (C=N–C) groups is 1. The number of hydrogen-bond acceptors (Lipinski definition) is 6. The molecule has 0 aromatic heterocycles. The van der Waals surface area contributed by atoms with Crippen LogP contribution in [0.1, 0.15) is 23.6 Å². The highest BCUT2D eigenvalue weighted by Crippen LogP contribution is 2.33. The maximum absolute atomic E-state index is 12.5. The summed E-state index contributed by atoms with van der Waals surface area (Å²) in [6.07, 6.45) is 2.81. The van der Waals surface area contributed by atoms with E-state index in [1.165, 1.54) is 29.5 Å². The van der Waals surface area contributed by atoms with Crippen molar-refractivity contribution in [3.63, 3.8) is 0 Å². The molecule has 1 saturated heterocycles. The average Bonchev–Trinajstić information content (AvgIpc) is 3.17. The number of thioether (sulfide) groups is 1. The van der Waals surface area contributed by atoms with Gasteiger partial charge in [0.25, 0.3) is 11.6 Å². The van der Waals surface area contributed by atoms with E-state index < -0.39 is 4.92 Å². The monoisotopic (exact) mass is 711 g/mol. The number of halogens is 2. The number of hydrogen-bond donors (Lipinski definition) is 1. The van der Waals surface area contributed by atoms with Crippen molar-refractivity contribution in [2.45, 2.75) is 20.0 Å². The second-order valence-electron chi connectivity index (χ2n) is 7.53. The van der Waals surface area contributed by atoms with Gasteiger partial charge < -0.3 is 10.1 Å². The Kier molecular flexibility index (Phi) is 8.44. The molecule has 7 nitrogen and oxygen atoms in total. The Morgan fingerprint density at radius 1 is 1.06 bits per heavy atom. The molecule has 4 rings (SSSR count). The Hall–Kier alpha value is -2.45. The van der Waals surface area contributed by atoms with Gasteiger partial charge in [-0.05, 0) is 123 Å². The molecule has 0 bridgehead atoms. The van der Waals surface area contributed by atoms with Crippen molar-refractivity contribution in [2.75, 3.05) is 0 Å². The topological polar surface area (TPSA) is 93.8 Å². The van der Waals surface area contributed by atoms with Crippen LogP contribution in [0.5, 0.6) is 5.75 Å². The first-order chi connectivity index (χ1) is 16.8. The average molecular weight is 711 g/mol. The molecule has 1 amide bonds. The molecule has 0 unspecified atom stereocenters. The predicted molar refractivity (Wildman–Crippen MR) is 156 cm³/mol. The van der Waals surface area contributed by atoms with Gasteiger partial charge in [0, 0.05) is 12.1 Å². The first kappa shape index (κ1) is 25.6. The van der Waals surface area contributed by atoms with E-state index in [4.69, 9.17) is 4.74 Å². The molecule has 10 heteroatoms. The van der Waals surface area contributed by atoms with E-state index in [0.29, 0.717) is 16.7 Å². The van der Waals surface area contributed by atoms with Gasteiger partial charge in [0.05, 0.1) is 22.7 Å². The van der Waals surface area contributed by atoms with Crippen molar-refractivity contribution >= 4 is 85.5 Å². The van der Waals surface area contributed by atoms with E-state index in [2.05, 4.69) is 62.4 Å². The number of ether oxygens (including phenoxy) is 1. The van der Waals surface area contributed by atoms with Gasteiger partial charge in [-0.15, -0.1) is 0 Å². The van der Waals surface area contributed by atoms with Crippen LogP contribution in [0.15, 0.2) is 70.6 Å². The molecule has 1 aliphatic rings. The van der Waals surface area contributed by atoms with E-state index in [9.17, 15) is 14.9 Å². The van der Waals surface area contributed by atoms with Gasteiger partial charge in [-0.2, -0.15) is 0 Å². The zero-order valence-corrected chi connectivity index (χ0v) is 23.6. The second-order valence-corrected chi connectivity index (χ2v) is 10.9. The predicted octanol–water partition coefficient (Wildman–Crippen LogP) is 6.84. The molecular formula is C25H19I2N3O4S. The number of benzene rings is 3. The summed E-state index contributed by atoms with van der Waals surface area (Å²) in [6.45, 7) is 2.40. The minimum absolute atomic E-state index is 0.0479. The lowest BCUT2D eigenvalue weighted by Crippen LogP contribution is -2.19. The quantitative estimate of drug-likeness (QED) is 0.126. The van der Waals surface area contributed by atoms with E-state index in [1.807, 2.05) is 42.5 Å². The molecule has 1 aliphatic heterocycles. The summed E-state index contributed by atoms with van der Waals surface area (Å²) < 4.78 is 7.79. The van der Waals surface area contributed by atoms with Crippen molar-refractivity contribution in [3.8, 4) is 5.75 Å². The lowest BCUT2D eigenvalue weighted by Gasteiger charge is -2.11. The van der Waals surface area contributed by atoms with Crippen LogP contribution in [0.2, 0.25) is 0 Å². The number of amides is 1. The summed E-state index contributed by atoms with van der Waals surface area (Å²) in [4.78, 5) is 28.0. The minimum atomic E-state index is -0.425. The van der Waals surface area contributed by atoms with E-state index >= 15 is 0 Å². The van der Waals surface area contributed by atoms with Crippen molar-refractivity contribution < 1.29 is 14.5 Å². The van der Waals surface area contributed by atoms with Crippen LogP contribution in [0, 0.1) is 17.3 Å². The van der Waals surface area contributed by atoms with Gasteiger partial charge in [0.2, 0.25) is 0 Å². The van der Waals surface area contributed by atoms with Gasteiger partial charge in [-0.1, -0.05) is 19.1 Å². The number of carbonyl (C=O) groups excluding carboxylic acids is 1. The number of nitro groups is 1. The summed E-state index contributed by atoms with van der Waals surface area (Å²) in [5, 5.41) is 14.2. The maximum atomic E-state index is 12.5. The van der Waals surface area contributed by atoms with Gasteiger partial charge in [0.1, 0.15) is 12.4 Å². The minimum Gasteiger partial charge on any atom is -0.487 e. The molecule has 35 heavy (non-hydrogen) atoms. The SMILES string of the molecule is CCc1ccc(N=C2NC(=O)/C(=C/c3cc(I)c(OCc4ccc([N+](=O)[O-])cc4)c(I)c3)S2)cc1. The number of nitrogens with one attached hydrogen (secondary N) is 1. The highest BCUT2D eigenvalue weighted by atomic mass is 127. The fraction of sp³-hybridized carbons (Fsp3) is 0.120. The van der Waals surface area contributed by atoms with Crippen molar-refractivity contribution in [3.05, 3.63) is 99.5 Å². The van der Waals surface area contributed by atoms with Crippen LogP contribution < -0.4 is 10.1 Å². The van der Waals surface area contributed by atoms with E-state index in [-0.39, 0.29) is 11.6 Å². The summed E-state index contributed by atoms with van der Waals surface area (Å²) in [6, 6.07) is 18.2. The van der Waals surface area contributed by atoms with Crippen molar-refractivity contribution in [1.29, 1.82) is 0 Å².